The van der Waals surface area contributed by atoms with Crippen LogP contribution in [0.1, 0.15) is 65.7 Å². The number of carbonyl (C=O) groups excluding carboxylic acids is 3. The van der Waals surface area contributed by atoms with Gasteiger partial charge in [0.1, 0.15) is 12.4 Å². The van der Waals surface area contributed by atoms with E-state index in [0.29, 0.717) is 24.5 Å². The van der Waals surface area contributed by atoms with E-state index in [4.69, 9.17) is 4.74 Å². The third-order valence-corrected chi connectivity index (χ3v) is 8.57. The van der Waals surface area contributed by atoms with Crippen LogP contribution in [0.3, 0.4) is 0 Å². The molecule has 28 heavy (non-hydrogen) atoms. The molecule has 0 bridgehead atoms. The van der Waals surface area contributed by atoms with Gasteiger partial charge in [-0.05, 0) is 61.2 Å². The van der Waals surface area contributed by atoms with Crippen molar-refractivity contribution in [1.29, 1.82) is 0 Å². The Bertz CT molecular complexity index is 739. The first-order valence-corrected chi connectivity index (χ1v) is 10.7. The standard InChI is InChI=1S/C23H32O5/c1-13(24)28-12-20(27)18-7-6-17-16-5-4-14-10-15(25)8-9-22(14,2)21(16)19(26)11-23(17,18)3/h4,15-18,21,25H,5-12H2,1-3H3/t15-,16?,17?,18+,21?,22-,23-/m0/s1. The zero-order valence-corrected chi connectivity index (χ0v) is 17.2. The van der Waals surface area contributed by atoms with E-state index in [2.05, 4.69) is 19.9 Å². The Balaban J connectivity index is 1.61. The average Bonchev–Trinajstić information content (AvgIpc) is 2.96. The number of rotatable bonds is 3. The highest BCUT2D eigenvalue weighted by atomic mass is 16.5. The molecule has 1 N–H and O–H groups in total. The van der Waals surface area contributed by atoms with Crippen LogP contribution in [0.4, 0.5) is 0 Å². The molecule has 3 fully saturated rings. The molecule has 154 valence electrons. The lowest BCUT2D eigenvalue weighted by molar-refractivity contribution is -0.152. The molecule has 4 aliphatic carbocycles. The molecule has 3 saturated carbocycles. The first-order valence-electron chi connectivity index (χ1n) is 10.7. The second kappa shape index (κ2) is 6.79. The van der Waals surface area contributed by atoms with E-state index in [0.717, 1.165) is 32.1 Å². The molecule has 5 nitrogen and oxygen atoms in total. The number of aliphatic hydroxyl groups excluding tert-OH is 1. The highest BCUT2D eigenvalue weighted by Gasteiger charge is 2.62. The van der Waals surface area contributed by atoms with Crippen molar-refractivity contribution in [2.24, 2.45) is 34.5 Å². The van der Waals surface area contributed by atoms with Gasteiger partial charge in [0.2, 0.25) is 0 Å². The molecule has 4 rings (SSSR count). The summed E-state index contributed by atoms with van der Waals surface area (Å²) in [6.45, 7) is 5.47. The van der Waals surface area contributed by atoms with Gasteiger partial charge in [0.05, 0.1) is 6.10 Å². The van der Waals surface area contributed by atoms with Gasteiger partial charge in [-0.2, -0.15) is 0 Å². The van der Waals surface area contributed by atoms with Crippen molar-refractivity contribution in [3.05, 3.63) is 11.6 Å². The highest BCUT2D eigenvalue weighted by Crippen LogP contribution is 2.65. The molecule has 4 aliphatic rings. The Hall–Kier alpha value is -1.49. The van der Waals surface area contributed by atoms with Gasteiger partial charge in [-0.3, -0.25) is 14.4 Å². The second-order valence-corrected chi connectivity index (χ2v) is 10.1. The molecule has 7 atom stereocenters. The molecule has 0 aliphatic heterocycles. The Labute approximate surface area is 166 Å². The summed E-state index contributed by atoms with van der Waals surface area (Å²) in [5.41, 5.74) is 0.802. The number of hydrogen-bond acceptors (Lipinski definition) is 5. The van der Waals surface area contributed by atoms with Gasteiger partial charge in [0.15, 0.2) is 5.78 Å². The third kappa shape index (κ3) is 2.89. The second-order valence-electron chi connectivity index (χ2n) is 10.1. The van der Waals surface area contributed by atoms with Gasteiger partial charge in [-0.15, -0.1) is 0 Å². The minimum absolute atomic E-state index is 0.0143. The van der Waals surface area contributed by atoms with E-state index in [9.17, 15) is 19.5 Å². The minimum atomic E-state index is -0.440. The molecule has 0 aromatic rings. The van der Waals surface area contributed by atoms with Gasteiger partial charge >= 0.3 is 5.97 Å². The summed E-state index contributed by atoms with van der Waals surface area (Å²) in [7, 11) is 0. The smallest absolute Gasteiger partial charge is 0.303 e. The Morgan fingerprint density at radius 1 is 1.25 bits per heavy atom. The minimum Gasteiger partial charge on any atom is -0.458 e. The van der Waals surface area contributed by atoms with Gasteiger partial charge in [-0.25, -0.2) is 0 Å². The van der Waals surface area contributed by atoms with Crippen LogP contribution in [0.5, 0.6) is 0 Å². The van der Waals surface area contributed by atoms with E-state index in [1.54, 1.807) is 0 Å². The molecular weight excluding hydrogens is 356 g/mol. The SMILES string of the molecule is CC(=O)OCC(=O)[C@H]1CCC2C3CC=C4C[C@@H](O)CC[C@]4(C)C3C(=O)C[C@@]21C. The van der Waals surface area contributed by atoms with Crippen LogP contribution in [-0.2, 0) is 19.1 Å². The number of aliphatic hydroxyl groups is 1. The molecular formula is C23H32O5. The van der Waals surface area contributed by atoms with Crippen LogP contribution in [-0.4, -0.2) is 35.4 Å². The van der Waals surface area contributed by atoms with E-state index in [1.165, 1.54) is 12.5 Å². The monoisotopic (exact) mass is 388 g/mol. The van der Waals surface area contributed by atoms with Crippen molar-refractivity contribution < 1.29 is 24.2 Å². The zero-order valence-electron chi connectivity index (χ0n) is 17.2. The molecule has 0 aromatic heterocycles. The predicted octanol–water partition coefficient (Wildman–Crippen LogP) is 3.24. The summed E-state index contributed by atoms with van der Waals surface area (Å²) in [6, 6.07) is 0. The molecule has 0 radical (unpaired) electrons. The van der Waals surface area contributed by atoms with Crippen molar-refractivity contribution in [1.82, 2.24) is 0 Å². The number of allylic oxidation sites excluding steroid dienone is 1. The molecule has 5 heteroatoms. The fraction of sp³-hybridized carbons (Fsp3) is 0.783. The van der Waals surface area contributed by atoms with Crippen LogP contribution in [0.2, 0.25) is 0 Å². The molecule has 0 amide bonds. The first-order chi connectivity index (χ1) is 13.2. The normalized spacial score (nSPS) is 44.8. The van der Waals surface area contributed by atoms with Crippen LogP contribution < -0.4 is 0 Å². The molecule has 3 unspecified atom stereocenters. The van der Waals surface area contributed by atoms with Crippen LogP contribution >= 0.6 is 0 Å². The van der Waals surface area contributed by atoms with Gasteiger partial charge in [-0.1, -0.05) is 25.5 Å². The number of carbonyl (C=O) groups is 3. The number of Topliss-reactive ketones (excluding diaryl/α,β-unsaturated/α-hetero) is 2. The summed E-state index contributed by atoms with van der Waals surface area (Å²) < 4.78 is 4.96. The van der Waals surface area contributed by atoms with Gasteiger partial charge in [0.25, 0.3) is 0 Å². The lowest BCUT2D eigenvalue weighted by Crippen LogP contribution is -2.55. The van der Waals surface area contributed by atoms with E-state index < -0.39 is 5.97 Å². The lowest BCUT2D eigenvalue weighted by Gasteiger charge is -2.56. The predicted molar refractivity (Wildman–Crippen MR) is 103 cm³/mol. The average molecular weight is 389 g/mol. The number of fused-ring (bicyclic) bond motifs is 5. The summed E-state index contributed by atoms with van der Waals surface area (Å²) in [4.78, 5) is 37.3. The zero-order chi connectivity index (χ0) is 20.3. The molecule has 0 aromatic carbocycles. The summed E-state index contributed by atoms with van der Waals surface area (Å²) >= 11 is 0. The molecule has 0 saturated heterocycles. The fourth-order valence-electron chi connectivity index (χ4n) is 7.27. The molecule has 0 heterocycles. The summed E-state index contributed by atoms with van der Waals surface area (Å²) in [5.74, 6) is 0.259. The number of ether oxygens (including phenoxy) is 1. The maximum atomic E-state index is 13.5. The first kappa shape index (κ1) is 19.8. The largest absolute Gasteiger partial charge is 0.458 e. The number of hydrogen-bond donors (Lipinski definition) is 1. The fourth-order valence-corrected chi connectivity index (χ4v) is 7.27. The molecule has 0 spiro atoms. The van der Waals surface area contributed by atoms with Crippen molar-refractivity contribution >= 4 is 17.5 Å². The number of esters is 1. The van der Waals surface area contributed by atoms with Crippen molar-refractivity contribution in [3.63, 3.8) is 0 Å². The van der Waals surface area contributed by atoms with Gasteiger partial charge < -0.3 is 9.84 Å². The highest BCUT2D eigenvalue weighted by molar-refractivity contribution is 5.89. The third-order valence-electron chi connectivity index (χ3n) is 8.57. The van der Waals surface area contributed by atoms with E-state index >= 15 is 0 Å². The summed E-state index contributed by atoms with van der Waals surface area (Å²) in [5, 5.41) is 10.1. The lowest BCUT2D eigenvalue weighted by atomic mass is 9.47. The van der Waals surface area contributed by atoms with Crippen molar-refractivity contribution in [2.45, 2.75) is 71.8 Å². The van der Waals surface area contributed by atoms with E-state index in [1.807, 2.05) is 0 Å². The maximum Gasteiger partial charge on any atom is 0.303 e. The Kier molecular flexibility index (Phi) is 4.80. The quantitative estimate of drug-likeness (QED) is 0.593. The maximum absolute atomic E-state index is 13.5. The topological polar surface area (TPSA) is 80.7 Å². The van der Waals surface area contributed by atoms with Crippen LogP contribution in [0.15, 0.2) is 11.6 Å². The summed E-state index contributed by atoms with van der Waals surface area (Å²) in [6.07, 6.45) is 7.39. The number of ketones is 2. The Morgan fingerprint density at radius 3 is 2.71 bits per heavy atom. The van der Waals surface area contributed by atoms with Crippen molar-refractivity contribution in [2.75, 3.05) is 6.61 Å². The van der Waals surface area contributed by atoms with Gasteiger partial charge in [0, 0.05) is 25.2 Å². The van der Waals surface area contributed by atoms with Crippen molar-refractivity contribution in [3.8, 4) is 0 Å². The van der Waals surface area contributed by atoms with Crippen LogP contribution in [0, 0.1) is 34.5 Å². The van der Waals surface area contributed by atoms with E-state index in [-0.39, 0.29) is 47.1 Å². The van der Waals surface area contributed by atoms with Crippen LogP contribution in [0.25, 0.3) is 0 Å². The Morgan fingerprint density at radius 2 is 2.00 bits per heavy atom.